The van der Waals surface area contributed by atoms with Crippen LogP contribution in [0.1, 0.15) is 79.2 Å². The second-order valence-electron chi connectivity index (χ2n) is 13.9. The summed E-state index contributed by atoms with van der Waals surface area (Å²) in [6, 6.07) is 21.3. The van der Waals surface area contributed by atoms with Crippen molar-refractivity contribution in [2.45, 2.75) is 65.5 Å². The van der Waals surface area contributed by atoms with Gasteiger partial charge in [-0.15, -0.1) is 30.4 Å². The number of carboxylic acid groups (broad SMARTS) is 1. The first kappa shape index (κ1) is 50.4. The number of carbonyl (C=O) groups is 4. The largest absolute Gasteiger partial charge is 0.480 e. The Morgan fingerprint density at radius 3 is 1.77 bits per heavy atom. The molecule has 2 aromatic carbocycles. The van der Waals surface area contributed by atoms with Crippen LogP contribution in [0.25, 0.3) is 22.5 Å². The van der Waals surface area contributed by atoms with Crippen LogP contribution < -0.4 is 10.6 Å². The maximum atomic E-state index is 12.9. The molecule has 22 heteroatoms. The van der Waals surface area contributed by atoms with Crippen molar-refractivity contribution in [2.24, 2.45) is 5.92 Å². The van der Waals surface area contributed by atoms with Gasteiger partial charge in [0.25, 0.3) is 22.0 Å². The lowest BCUT2D eigenvalue weighted by Gasteiger charge is -2.32. The number of aliphatic carboxylic acids is 1. The molecule has 4 N–H and O–H groups in total. The Labute approximate surface area is 368 Å². The predicted molar refractivity (Wildman–Crippen MR) is 230 cm³/mol. The van der Waals surface area contributed by atoms with E-state index in [4.69, 9.17) is 0 Å². The smallest absolute Gasteiger partial charge is 0.326 e. The number of nitrogens with zero attached hydrogens (tertiary/aromatic N) is 8. The maximum absolute atomic E-state index is 12.9. The molecular weight excluding hydrogens is 835 g/mol. The van der Waals surface area contributed by atoms with Gasteiger partial charge in [-0.2, -0.15) is 5.21 Å². The van der Waals surface area contributed by atoms with Gasteiger partial charge in [-0.25, -0.2) is 4.79 Å². The summed E-state index contributed by atoms with van der Waals surface area (Å²) in [7, 11) is 0. The van der Waals surface area contributed by atoms with Crippen LogP contribution in [-0.4, -0.2) is 107 Å². The minimum absolute atomic E-state index is 0.0275. The predicted octanol–water partition coefficient (Wildman–Crippen LogP) is 4.98. The zero-order chi connectivity index (χ0) is 46.7. The van der Waals surface area contributed by atoms with Crippen LogP contribution in [0.2, 0.25) is 0 Å². The van der Waals surface area contributed by atoms with E-state index in [1.807, 2.05) is 69.3 Å². The normalized spacial score (nSPS) is 10.8. The molecule has 0 fully saturated rings. The van der Waals surface area contributed by atoms with Crippen LogP contribution in [0.4, 0.5) is 0 Å². The molecule has 22 nitrogen and oxygen atoms in total. The summed E-state index contributed by atoms with van der Waals surface area (Å²) in [5, 5.41) is 47.1. The van der Waals surface area contributed by atoms with E-state index in [0.717, 1.165) is 35.1 Å². The van der Waals surface area contributed by atoms with E-state index in [1.54, 1.807) is 36.7 Å². The molecule has 0 radical (unpaired) electrons. The maximum Gasteiger partial charge on any atom is 0.326 e. The molecule has 3 amide bonds. The number of unbranched alkanes of at least 4 members (excludes halogenated alkanes) is 1. The van der Waals surface area contributed by atoms with Crippen LogP contribution in [0.15, 0.2) is 97.6 Å². The highest BCUT2D eigenvalue weighted by atomic mass is 17.0. The summed E-state index contributed by atoms with van der Waals surface area (Å²) in [6.45, 7) is 6.52. The minimum atomic E-state index is -0.976. The molecule has 340 valence electrons. The Hall–Kier alpha value is -7.91. The van der Waals surface area contributed by atoms with Crippen molar-refractivity contribution in [2.75, 3.05) is 26.3 Å². The van der Waals surface area contributed by atoms with Gasteiger partial charge < -0.3 is 30.3 Å². The van der Waals surface area contributed by atoms with Crippen molar-refractivity contribution in [3.63, 3.8) is 0 Å². The number of H-pyrrole nitrogens is 1. The van der Waals surface area contributed by atoms with Gasteiger partial charge in [-0.3, -0.25) is 24.4 Å². The van der Waals surface area contributed by atoms with Gasteiger partial charge in [0.2, 0.25) is 11.7 Å². The molecule has 5 aromatic rings. The second kappa shape index (κ2) is 27.8. The topological polar surface area (TPSA) is 301 Å². The number of rotatable bonds is 22. The molecule has 0 saturated carbocycles. The van der Waals surface area contributed by atoms with Gasteiger partial charge in [0, 0.05) is 56.4 Å². The number of pyridine rings is 2. The fraction of sp³-hybridized carbons (Fsp3) is 0.357. The van der Waals surface area contributed by atoms with E-state index in [9.17, 15) is 44.5 Å². The highest BCUT2D eigenvalue weighted by Crippen LogP contribution is 2.30. The van der Waals surface area contributed by atoms with Crippen molar-refractivity contribution in [1.29, 1.82) is 0 Å². The number of tetrazole rings is 1. The summed E-state index contributed by atoms with van der Waals surface area (Å²) >= 11 is 0. The molecule has 0 bridgehead atoms. The average molecular weight is 886 g/mol. The standard InChI is InChI=1S/C24H29N5O3.2C9H11N3O4/c1-4-5-10-21(30)29(22(16(2)3)24(31)32)15-17-11-13-18(14-12-17)19-8-6-7-9-20(19)23-25-27-28-26-23;2*13-9(8-3-1-4-10-7-8)11-5-2-6-16-12(14)15/h6-9,11-14,16,22H,4-5,10,15H2,1-3H3,(H,31,32)(H,25,26,27,28);2*1,3-4,7H,2,5-6H2,(H,11,13)/t22-;;/m0../s1. The van der Waals surface area contributed by atoms with Gasteiger partial charge in [-0.1, -0.05) is 75.7 Å². The molecule has 64 heavy (non-hydrogen) atoms. The Morgan fingerprint density at radius 1 is 0.781 bits per heavy atom. The molecule has 0 spiro atoms. The van der Waals surface area contributed by atoms with Crippen LogP contribution in [-0.2, 0) is 25.8 Å². The molecule has 0 aliphatic heterocycles. The number of amides is 3. The third-order valence-electron chi connectivity index (χ3n) is 8.87. The quantitative estimate of drug-likeness (QED) is 0.0405. The second-order valence-corrected chi connectivity index (χ2v) is 13.9. The van der Waals surface area contributed by atoms with E-state index in [2.05, 4.69) is 50.9 Å². The Kier molecular flexibility index (Phi) is 21.9. The van der Waals surface area contributed by atoms with E-state index in [-0.39, 0.29) is 43.4 Å². The van der Waals surface area contributed by atoms with Crippen molar-refractivity contribution in [3.8, 4) is 22.5 Å². The number of hydrogen-bond acceptors (Lipinski definition) is 15. The number of aromatic amines is 1. The minimum Gasteiger partial charge on any atom is -0.480 e. The van der Waals surface area contributed by atoms with Gasteiger partial charge in [0.15, 0.2) is 0 Å². The Bertz CT molecular complexity index is 2130. The summed E-state index contributed by atoms with van der Waals surface area (Å²) in [4.78, 5) is 84.5. The lowest BCUT2D eigenvalue weighted by Crippen LogP contribution is -2.47. The van der Waals surface area contributed by atoms with Crippen LogP contribution in [0.5, 0.6) is 0 Å². The van der Waals surface area contributed by atoms with Crippen molar-refractivity contribution >= 4 is 23.7 Å². The first-order chi connectivity index (χ1) is 30.8. The fourth-order valence-electron chi connectivity index (χ4n) is 5.81. The molecule has 3 aromatic heterocycles. The summed E-state index contributed by atoms with van der Waals surface area (Å²) in [5.74, 6) is -1.30. The third kappa shape index (κ3) is 18.0. The summed E-state index contributed by atoms with van der Waals surface area (Å²) < 4.78 is 0. The number of carbonyl (C=O) groups excluding carboxylic acids is 3. The van der Waals surface area contributed by atoms with E-state index >= 15 is 0 Å². The Balaban J connectivity index is 0.000000285. The fourth-order valence-corrected chi connectivity index (χ4v) is 5.81. The highest BCUT2D eigenvalue weighted by molar-refractivity contribution is 5.94. The average Bonchev–Trinajstić information content (AvgIpc) is 3.84. The third-order valence-corrected chi connectivity index (χ3v) is 8.87. The van der Waals surface area contributed by atoms with E-state index in [0.29, 0.717) is 49.3 Å². The van der Waals surface area contributed by atoms with Crippen molar-refractivity contribution < 1.29 is 44.1 Å². The van der Waals surface area contributed by atoms with Crippen molar-refractivity contribution in [1.82, 2.24) is 46.1 Å². The monoisotopic (exact) mass is 885 g/mol. The highest BCUT2D eigenvalue weighted by Gasteiger charge is 2.32. The van der Waals surface area contributed by atoms with Crippen LogP contribution >= 0.6 is 0 Å². The van der Waals surface area contributed by atoms with Crippen LogP contribution in [0, 0.1) is 26.1 Å². The molecule has 0 aliphatic carbocycles. The first-order valence-electron chi connectivity index (χ1n) is 20.2. The van der Waals surface area contributed by atoms with Gasteiger partial charge in [0.1, 0.15) is 6.04 Å². The van der Waals surface area contributed by atoms with Gasteiger partial charge in [-0.05, 0) is 71.3 Å². The number of nitrogens with one attached hydrogen (secondary N) is 3. The van der Waals surface area contributed by atoms with Crippen molar-refractivity contribution in [3.05, 3.63) is 135 Å². The van der Waals surface area contributed by atoms with Crippen LogP contribution in [0.3, 0.4) is 0 Å². The molecule has 0 saturated heterocycles. The number of benzene rings is 2. The Morgan fingerprint density at radius 2 is 1.33 bits per heavy atom. The number of hydrogen-bond donors (Lipinski definition) is 4. The number of aromatic nitrogens is 6. The molecule has 1 atom stereocenters. The van der Waals surface area contributed by atoms with E-state index < -0.39 is 22.2 Å². The first-order valence-corrected chi connectivity index (χ1v) is 20.2. The van der Waals surface area contributed by atoms with Gasteiger partial charge in [0.05, 0.1) is 24.3 Å². The molecule has 0 unspecified atom stereocenters. The zero-order valence-corrected chi connectivity index (χ0v) is 35.6. The lowest BCUT2D eigenvalue weighted by atomic mass is 9.97. The molecule has 0 aliphatic rings. The molecular formula is C42H51N11O11. The lowest BCUT2D eigenvalue weighted by molar-refractivity contribution is -0.757. The molecule has 5 rings (SSSR count). The molecule has 3 heterocycles. The van der Waals surface area contributed by atoms with Gasteiger partial charge >= 0.3 is 5.97 Å². The number of carboxylic acids is 1. The van der Waals surface area contributed by atoms with E-state index in [1.165, 1.54) is 17.3 Å². The summed E-state index contributed by atoms with van der Waals surface area (Å²) in [6.07, 6.45) is 8.78. The summed E-state index contributed by atoms with van der Waals surface area (Å²) in [5.41, 5.74) is 4.58. The SMILES string of the molecule is CCCCC(=O)N(Cc1ccc(-c2ccccc2-c2nn[nH]n2)cc1)[C@H](C(=O)O)C(C)C.O=C(NCCCO[N+](=O)[O-])c1cccnc1.O=C(NCCCO[N+](=O)[O-])c1cccnc1. The zero-order valence-electron chi connectivity index (χ0n) is 35.6.